The molecule has 2 amide bonds. The average Bonchev–Trinajstić information content (AvgIpc) is 3.30. The molecule has 5 nitrogen and oxygen atoms in total. The molecule has 2 aromatic heterocycles. The molecular formula is C21H30N2O3S2. The van der Waals surface area contributed by atoms with E-state index in [0.717, 1.165) is 24.1 Å². The van der Waals surface area contributed by atoms with Crippen LogP contribution in [-0.4, -0.2) is 35.1 Å². The molecule has 1 atom stereocenters. The number of hydrogen-bond acceptors (Lipinski definition) is 5. The second kappa shape index (κ2) is 10.6. The number of hydrogen-bond donors (Lipinski definition) is 1. The maximum atomic E-state index is 13.1. The van der Waals surface area contributed by atoms with Gasteiger partial charge in [0.15, 0.2) is 0 Å². The van der Waals surface area contributed by atoms with Gasteiger partial charge in [-0.2, -0.15) is 0 Å². The Kier molecular flexibility index (Phi) is 8.51. The lowest BCUT2D eigenvalue weighted by Gasteiger charge is -2.29. The molecule has 0 spiro atoms. The van der Waals surface area contributed by atoms with E-state index in [0.29, 0.717) is 18.0 Å². The predicted octanol–water partition coefficient (Wildman–Crippen LogP) is 5.54. The van der Waals surface area contributed by atoms with E-state index < -0.39 is 11.7 Å². The highest BCUT2D eigenvalue weighted by atomic mass is 32.1. The van der Waals surface area contributed by atoms with E-state index in [1.807, 2.05) is 60.7 Å². The van der Waals surface area contributed by atoms with Gasteiger partial charge in [0.05, 0.1) is 11.4 Å². The van der Waals surface area contributed by atoms with Crippen molar-refractivity contribution in [2.45, 2.75) is 65.1 Å². The molecule has 2 heterocycles. The number of thiophene rings is 2. The highest BCUT2D eigenvalue weighted by Gasteiger charge is 2.24. The van der Waals surface area contributed by atoms with Crippen molar-refractivity contribution in [1.82, 2.24) is 10.2 Å². The first-order valence-corrected chi connectivity index (χ1v) is 11.4. The monoisotopic (exact) mass is 422 g/mol. The summed E-state index contributed by atoms with van der Waals surface area (Å²) in [5.74, 6) is -0.00381. The van der Waals surface area contributed by atoms with Crippen molar-refractivity contribution >= 4 is 34.7 Å². The number of nitrogens with one attached hydrogen (secondary N) is 1. The third kappa shape index (κ3) is 7.64. The minimum Gasteiger partial charge on any atom is -0.444 e. The van der Waals surface area contributed by atoms with E-state index in [2.05, 4.69) is 12.2 Å². The lowest BCUT2D eigenvalue weighted by molar-refractivity contribution is 0.0473. The van der Waals surface area contributed by atoms with Gasteiger partial charge in [0.1, 0.15) is 5.60 Å². The highest BCUT2D eigenvalue weighted by Crippen LogP contribution is 2.19. The first kappa shape index (κ1) is 22.4. The van der Waals surface area contributed by atoms with Gasteiger partial charge in [-0.1, -0.05) is 31.9 Å². The summed E-state index contributed by atoms with van der Waals surface area (Å²) in [6.45, 7) is 8.64. The fraction of sp³-hybridized carbons (Fsp3) is 0.524. The third-order valence-corrected chi connectivity index (χ3v) is 5.73. The van der Waals surface area contributed by atoms with E-state index in [-0.39, 0.29) is 11.9 Å². The topological polar surface area (TPSA) is 58.6 Å². The number of ether oxygens (including phenoxy) is 1. The lowest BCUT2D eigenvalue weighted by atomic mass is 10.1. The number of amides is 2. The number of rotatable bonds is 9. The van der Waals surface area contributed by atoms with Crippen LogP contribution in [0, 0.1) is 0 Å². The summed E-state index contributed by atoms with van der Waals surface area (Å²) in [6, 6.07) is 7.59. The Labute approximate surface area is 175 Å². The quantitative estimate of drug-likeness (QED) is 0.577. The number of carbonyl (C=O) groups excluding carboxylic acids is 2. The summed E-state index contributed by atoms with van der Waals surface area (Å²) >= 11 is 3.07. The van der Waals surface area contributed by atoms with Crippen molar-refractivity contribution in [1.29, 1.82) is 0 Å². The zero-order valence-corrected chi connectivity index (χ0v) is 18.7. The van der Waals surface area contributed by atoms with E-state index in [9.17, 15) is 9.59 Å². The maximum absolute atomic E-state index is 13.1. The minimum absolute atomic E-state index is 0.00381. The second-order valence-electron chi connectivity index (χ2n) is 7.73. The first-order chi connectivity index (χ1) is 13.3. The van der Waals surface area contributed by atoms with Crippen molar-refractivity contribution in [3.8, 4) is 0 Å². The van der Waals surface area contributed by atoms with Crippen LogP contribution in [0.15, 0.2) is 35.0 Å². The fourth-order valence-electron chi connectivity index (χ4n) is 2.77. The molecule has 0 saturated carbocycles. The van der Waals surface area contributed by atoms with Gasteiger partial charge in [0.2, 0.25) is 0 Å². The van der Waals surface area contributed by atoms with Crippen LogP contribution in [0.5, 0.6) is 0 Å². The van der Waals surface area contributed by atoms with E-state index in [1.54, 1.807) is 11.3 Å². The normalized spacial score (nSPS) is 12.4. The molecule has 2 aromatic rings. The van der Waals surface area contributed by atoms with Crippen LogP contribution in [0.2, 0.25) is 0 Å². The van der Waals surface area contributed by atoms with Gasteiger partial charge in [0.25, 0.3) is 5.91 Å². The molecule has 0 fully saturated rings. The van der Waals surface area contributed by atoms with Crippen LogP contribution >= 0.6 is 22.7 Å². The summed E-state index contributed by atoms with van der Waals surface area (Å²) in [5.41, 5.74) is -0.553. The number of carbonyl (C=O) groups is 2. The molecule has 28 heavy (non-hydrogen) atoms. The summed E-state index contributed by atoms with van der Waals surface area (Å²) < 4.78 is 5.42. The fourth-order valence-corrected chi connectivity index (χ4v) is 4.18. The molecule has 2 rings (SSSR count). The van der Waals surface area contributed by atoms with Crippen LogP contribution in [0.1, 0.15) is 61.5 Å². The van der Waals surface area contributed by atoms with Crippen LogP contribution < -0.4 is 5.32 Å². The van der Waals surface area contributed by atoms with E-state index >= 15 is 0 Å². The number of unbranched alkanes of at least 4 members (excludes halogenated alkanes) is 1. The minimum atomic E-state index is -0.553. The highest BCUT2D eigenvalue weighted by molar-refractivity contribution is 7.12. The van der Waals surface area contributed by atoms with Gasteiger partial charge >= 0.3 is 6.09 Å². The Balaban J connectivity index is 2.13. The molecule has 0 aromatic carbocycles. The van der Waals surface area contributed by atoms with Crippen LogP contribution in [0.25, 0.3) is 0 Å². The van der Waals surface area contributed by atoms with Gasteiger partial charge in [0, 0.05) is 17.5 Å². The second-order valence-corrected chi connectivity index (χ2v) is 9.71. The molecule has 7 heteroatoms. The summed E-state index contributed by atoms with van der Waals surface area (Å²) in [6.07, 6.45) is 2.36. The summed E-state index contributed by atoms with van der Waals surface area (Å²) in [7, 11) is 0. The zero-order valence-electron chi connectivity index (χ0n) is 17.1. The SMILES string of the molecule is CCCC[C@@H](CN(Cc1cccs1)C(=O)c1cccs1)NC(=O)OC(C)(C)C. The molecule has 0 unspecified atom stereocenters. The molecule has 0 aliphatic rings. The van der Waals surface area contributed by atoms with Gasteiger partial charge in [-0.05, 0) is 50.1 Å². The molecule has 0 radical (unpaired) electrons. The van der Waals surface area contributed by atoms with Crippen molar-refractivity contribution in [3.63, 3.8) is 0 Å². The summed E-state index contributed by atoms with van der Waals surface area (Å²) in [5, 5.41) is 6.89. The largest absolute Gasteiger partial charge is 0.444 e. The van der Waals surface area contributed by atoms with E-state index in [1.165, 1.54) is 11.3 Å². The average molecular weight is 423 g/mol. The van der Waals surface area contributed by atoms with Crippen molar-refractivity contribution in [2.75, 3.05) is 6.54 Å². The maximum Gasteiger partial charge on any atom is 0.407 e. The smallest absolute Gasteiger partial charge is 0.407 e. The number of nitrogens with zero attached hydrogens (tertiary/aromatic N) is 1. The third-order valence-electron chi connectivity index (χ3n) is 4.01. The van der Waals surface area contributed by atoms with Gasteiger partial charge < -0.3 is 15.0 Å². The van der Waals surface area contributed by atoms with Crippen LogP contribution in [-0.2, 0) is 11.3 Å². The van der Waals surface area contributed by atoms with Crippen molar-refractivity contribution in [2.24, 2.45) is 0 Å². The standard InChI is InChI=1S/C21H30N2O3S2/c1-5-6-9-16(22-20(25)26-21(2,3)4)14-23(15-17-10-7-12-27-17)19(24)18-11-8-13-28-18/h7-8,10-13,16H,5-6,9,14-15H2,1-4H3,(H,22,25)/t16-/m0/s1. The first-order valence-electron chi connectivity index (χ1n) is 9.63. The Bertz CT molecular complexity index is 721. The van der Waals surface area contributed by atoms with E-state index in [4.69, 9.17) is 4.74 Å². The van der Waals surface area contributed by atoms with Gasteiger partial charge in [-0.3, -0.25) is 4.79 Å². The zero-order chi connectivity index (χ0) is 20.6. The van der Waals surface area contributed by atoms with Crippen LogP contribution in [0.4, 0.5) is 4.79 Å². The Morgan fingerprint density at radius 1 is 1.18 bits per heavy atom. The molecule has 1 N–H and O–H groups in total. The molecule has 0 bridgehead atoms. The van der Waals surface area contributed by atoms with Gasteiger partial charge in [-0.25, -0.2) is 4.79 Å². The predicted molar refractivity (Wildman–Crippen MR) is 116 cm³/mol. The van der Waals surface area contributed by atoms with Crippen molar-refractivity contribution in [3.05, 3.63) is 44.8 Å². The van der Waals surface area contributed by atoms with Gasteiger partial charge in [-0.15, -0.1) is 22.7 Å². The van der Waals surface area contributed by atoms with Crippen LogP contribution in [0.3, 0.4) is 0 Å². The molecule has 154 valence electrons. The lowest BCUT2D eigenvalue weighted by Crippen LogP contribution is -2.46. The number of alkyl carbamates (subject to hydrolysis) is 1. The molecule has 0 saturated heterocycles. The molecular weight excluding hydrogens is 392 g/mol. The Hall–Kier alpha value is -1.86. The summed E-state index contributed by atoms with van der Waals surface area (Å²) in [4.78, 5) is 29.0. The Morgan fingerprint density at radius 3 is 2.46 bits per heavy atom. The molecule has 0 aliphatic heterocycles. The molecule has 0 aliphatic carbocycles. The van der Waals surface area contributed by atoms with Crippen molar-refractivity contribution < 1.29 is 14.3 Å². The Morgan fingerprint density at radius 2 is 1.89 bits per heavy atom.